The summed E-state index contributed by atoms with van der Waals surface area (Å²) in [6.45, 7) is 0.903. The second kappa shape index (κ2) is 4.68. The Labute approximate surface area is 101 Å². The maximum Gasteiger partial charge on any atom is 0.488 e. The number of rotatable bonds is 2. The summed E-state index contributed by atoms with van der Waals surface area (Å²) in [5.74, 6) is 0.303. The SMILES string of the molecule is O=S1(=O)CCN(c2cccc(B(O)O)c2)CC1. The molecular formula is C10H14BNO4S. The first-order chi connectivity index (χ1) is 7.98. The number of hydrogen-bond donors (Lipinski definition) is 2. The Balaban J connectivity index is 2.16. The van der Waals surface area contributed by atoms with E-state index in [9.17, 15) is 8.42 Å². The van der Waals surface area contributed by atoms with Gasteiger partial charge in [0.15, 0.2) is 9.84 Å². The van der Waals surface area contributed by atoms with Crippen molar-refractivity contribution < 1.29 is 18.5 Å². The van der Waals surface area contributed by atoms with Crippen LogP contribution in [0.2, 0.25) is 0 Å². The quantitative estimate of drug-likeness (QED) is 0.636. The number of anilines is 1. The lowest BCUT2D eigenvalue weighted by Crippen LogP contribution is -2.41. The van der Waals surface area contributed by atoms with Gasteiger partial charge in [0, 0.05) is 18.8 Å². The van der Waals surface area contributed by atoms with E-state index in [2.05, 4.69) is 0 Å². The fraction of sp³-hybridized carbons (Fsp3) is 0.400. The van der Waals surface area contributed by atoms with E-state index in [4.69, 9.17) is 10.0 Å². The van der Waals surface area contributed by atoms with Crippen LogP contribution in [-0.4, -0.2) is 50.2 Å². The van der Waals surface area contributed by atoms with Gasteiger partial charge in [0.1, 0.15) is 0 Å². The molecule has 5 nitrogen and oxygen atoms in total. The van der Waals surface area contributed by atoms with Crippen LogP contribution in [0, 0.1) is 0 Å². The summed E-state index contributed by atoms with van der Waals surface area (Å²) >= 11 is 0. The third kappa shape index (κ3) is 2.99. The highest BCUT2D eigenvalue weighted by atomic mass is 32.2. The van der Waals surface area contributed by atoms with Gasteiger partial charge in [-0.2, -0.15) is 0 Å². The van der Waals surface area contributed by atoms with Crippen LogP contribution in [-0.2, 0) is 9.84 Å². The molecule has 1 aromatic carbocycles. The Bertz CT molecular complexity index is 489. The van der Waals surface area contributed by atoms with Crippen molar-refractivity contribution in [3.8, 4) is 0 Å². The standard InChI is InChI=1S/C10H14BNO4S/c13-11(14)9-2-1-3-10(8-9)12-4-6-17(15,16)7-5-12/h1-3,8,13-14H,4-7H2. The second-order valence-corrected chi connectivity index (χ2v) is 6.41. The van der Waals surface area contributed by atoms with Gasteiger partial charge in [-0.05, 0) is 17.6 Å². The molecule has 2 rings (SSSR count). The Hall–Kier alpha value is -1.05. The Morgan fingerprint density at radius 2 is 1.82 bits per heavy atom. The molecule has 1 saturated heterocycles. The Morgan fingerprint density at radius 1 is 1.18 bits per heavy atom. The molecule has 0 unspecified atom stereocenters. The van der Waals surface area contributed by atoms with Crippen molar-refractivity contribution in [1.29, 1.82) is 0 Å². The zero-order valence-electron chi connectivity index (χ0n) is 9.28. The number of nitrogens with zero attached hydrogens (tertiary/aromatic N) is 1. The van der Waals surface area contributed by atoms with Crippen molar-refractivity contribution >= 4 is 28.1 Å². The van der Waals surface area contributed by atoms with Crippen LogP contribution >= 0.6 is 0 Å². The average molecular weight is 255 g/mol. The predicted molar refractivity (Wildman–Crippen MR) is 67.1 cm³/mol. The molecule has 17 heavy (non-hydrogen) atoms. The van der Waals surface area contributed by atoms with Crippen LogP contribution in [0.3, 0.4) is 0 Å². The molecule has 1 aliphatic rings. The third-order valence-corrected chi connectivity index (χ3v) is 4.49. The molecule has 92 valence electrons. The van der Waals surface area contributed by atoms with Gasteiger partial charge in [-0.15, -0.1) is 0 Å². The van der Waals surface area contributed by atoms with Crippen LogP contribution in [0.15, 0.2) is 24.3 Å². The van der Waals surface area contributed by atoms with Gasteiger partial charge in [0.25, 0.3) is 0 Å². The maximum absolute atomic E-state index is 11.3. The van der Waals surface area contributed by atoms with E-state index in [1.165, 1.54) is 0 Å². The van der Waals surface area contributed by atoms with E-state index >= 15 is 0 Å². The van der Waals surface area contributed by atoms with Crippen LogP contribution in [0.1, 0.15) is 0 Å². The first-order valence-electron chi connectivity index (χ1n) is 5.39. The largest absolute Gasteiger partial charge is 0.488 e. The minimum Gasteiger partial charge on any atom is -0.423 e. The summed E-state index contributed by atoms with van der Waals surface area (Å²) in [6, 6.07) is 6.86. The highest BCUT2D eigenvalue weighted by molar-refractivity contribution is 7.91. The fourth-order valence-corrected chi connectivity index (χ4v) is 3.05. The summed E-state index contributed by atoms with van der Waals surface area (Å²) in [5, 5.41) is 18.1. The van der Waals surface area contributed by atoms with Gasteiger partial charge < -0.3 is 14.9 Å². The van der Waals surface area contributed by atoms with Crippen LogP contribution in [0.5, 0.6) is 0 Å². The predicted octanol–water partition coefficient (Wildman–Crippen LogP) is -1.40. The average Bonchev–Trinajstić information content (AvgIpc) is 2.29. The van der Waals surface area contributed by atoms with Crippen molar-refractivity contribution in [3.05, 3.63) is 24.3 Å². The topological polar surface area (TPSA) is 77.8 Å². The molecule has 1 fully saturated rings. The van der Waals surface area contributed by atoms with Crippen molar-refractivity contribution in [1.82, 2.24) is 0 Å². The van der Waals surface area contributed by atoms with Crippen LogP contribution < -0.4 is 10.4 Å². The van der Waals surface area contributed by atoms with E-state index in [0.29, 0.717) is 18.6 Å². The van der Waals surface area contributed by atoms with Crippen LogP contribution in [0.4, 0.5) is 5.69 Å². The normalized spacial score (nSPS) is 19.1. The monoisotopic (exact) mass is 255 g/mol. The molecule has 0 aromatic heterocycles. The number of benzene rings is 1. The maximum atomic E-state index is 11.3. The lowest BCUT2D eigenvalue weighted by Gasteiger charge is -2.29. The van der Waals surface area contributed by atoms with Crippen LogP contribution in [0.25, 0.3) is 0 Å². The van der Waals surface area contributed by atoms with Crippen molar-refractivity contribution in [2.75, 3.05) is 29.5 Å². The summed E-state index contributed by atoms with van der Waals surface area (Å²) in [4.78, 5) is 1.94. The fourth-order valence-electron chi connectivity index (χ4n) is 1.85. The molecule has 1 heterocycles. The number of sulfone groups is 1. The van der Waals surface area contributed by atoms with E-state index in [1.807, 2.05) is 11.0 Å². The summed E-state index contributed by atoms with van der Waals surface area (Å²) in [6.07, 6.45) is 0. The van der Waals surface area contributed by atoms with Gasteiger partial charge in [0.05, 0.1) is 11.5 Å². The minimum absolute atomic E-state index is 0.152. The number of hydrogen-bond acceptors (Lipinski definition) is 5. The molecule has 7 heteroatoms. The summed E-state index contributed by atoms with van der Waals surface area (Å²) in [7, 11) is -4.39. The second-order valence-electron chi connectivity index (χ2n) is 4.11. The van der Waals surface area contributed by atoms with Gasteiger partial charge in [-0.3, -0.25) is 0 Å². The van der Waals surface area contributed by atoms with Crippen molar-refractivity contribution in [2.24, 2.45) is 0 Å². The molecule has 0 atom stereocenters. The first-order valence-corrected chi connectivity index (χ1v) is 7.21. The molecular weight excluding hydrogens is 241 g/mol. The van der Waals surface area contributed by atoms with E-state index in [1.54, 1.807) is 18.2 Å². The third-order valence-electron chi connectivity index (χ3n) is 2.88. The lowest BCUT2D eigenvalue weighted by molar-refractivity contribution is 0.426. The zero-order chi connectivity index (χ0) is 12.5. The molecule has 0 aliphatic carbocycles. The highest BCUT2D eigenvalue weighted by Crippen LogP contribution is 2.15. The van der Waals surface area contributed by atoms with Gasteiger partial charge in [0.2, 0.25) is 0 Å². The molecule has 0 amide bonds. The zero-order valence-corrected chi connectivity index (χ0v) is 10.1. The Kier molecular flexibility index (Phi) is 3.41. The Morgan fingerprint density at radius 3 is 2.41 bits per heavy atom. The lowest BCUT2D eigenvalue weighted by atomic mass is 9.80. The van der Waals surface area contributed by atoms with Gasteiger partial charge >= 0.3 is 7.12 Å². The first kappa shape index (κ1) is 12.4. The molecule has 0 bridgehead atoms. The molecule has 0 saturated carbocycles. The minimum atomic E-state index is -2.89. The summed E-state index contributed by atoms with van der Waals surface area (Å²) in [5.41, 5.74) is 1.24. The van der Waals surface area contributed by atoms with E-state index < -0.39 is 17.0 Å². The van der Waals surface area contributed by atoms with Gasteiger partial charge in [-0.25, -0.2) is 8.42 Å². The summed E-state index contributed by atoms with van der Waals surface area (Å²) < 4.78 is 22.6. The molecule has 0 spiro atoms. The smallest absolute Gasteiger partial charge is 0.423 e. The molecule has 1 aromatic rings. The van der Waals surface area contributed by atoms with Crippen molar-refractivity contribution in [3.63, 3.8) is 0 Å². The molecule has 2 N–H and O–H groups in total. The van der Waals surface area contributed by atoms with Crippen molar-refractivity contribution in [2.45, 2.75) is 0 Å². The van der Waals surface area contributed by atoms with Gasteiger partial charge in [-0.1, -0.05) is 12.1 Å². The van der Waals surface area contributed by atoms with E-state index in [0.717, 1.165) is 5.69 Å². The molecule has 1 aliphatic heterocycles. The highest BCUT2D eigenvalue weighted by Gasteiger charge is 2.22. The molecule has 0 radical (unpaired) electrons. The van der Waals surface area contributed by atoms with E-state index in [-0.39, 0.29) is 11.5 Å².